The lowest BCUT2D eigenvalue weighted by Gasteiger charge is -2.29. The van der Waals surface area contributed by atoms with Gasteiger partial charge in [-0.05, 0) is 48.7 Å². The SMILES string of the molecule is O=C(O)C1CCN(C(=O)C=Cc2ccc(Sc3ccc4c(c3)CCOO4)c([N+](=O)[O-])c2)CC1. The van der Waals surface area contributed by atoms with Crippen LogP contribution in [0, 0.1) is 16.0 Å². The molecular formula is C23H22N2O7S. The summed E-state index contributed by atoms with van der Waals surface area (Å²) in [6, 6.07) is 10.4. The van der Waals surface area contributed by atoms with Crippen molar-refractivity contribution in [3.63, 3.8) is 0 Å². The van der Waals surface area contributed by atoms with Gasteiger partial charge in [0, 0.05) is 42.1 Å². The van der Waals surface area contributed by atoms with Gasteiger partial charge >= 0.3 is 5.97 Å². The van der Waals surface area contributed by atoms with E-state index in [0.717, 1.165) is 10.5 Å². The highest BCUT2D eigenvalue weighted by molar-refractivity contribution is 7.99. The van der Waals surface area contributed by atoms with Crippen molar-refractivity contribution >= 4 is 35.4 Å². The normalized spacial score (nSPS) is 16.3. The smallest absolute Gasteiger partial charge is 0.306 e. The number of benzene rings is 2. The van der Waals surface area contributed by atoms with Crippen molar-refractivity contribution in [2.45, 2.75) is 29.1 Å². The summed E-state index contributed by atoms with van der Waals surface area (Å²) in [5, 5.41) is 20.7. The van der Waals surface area contributed by atoms with E-state index in [4.69, 9.17) is 14.9 Å². The first-order chi connectivity index (χ1) is 15.9. The molecule has 10 heteroatoms. The van der Waals surface area contributed by atoms with E-state index in [1.807, 2.05) is 12.1 Å². The van der Waals surface area contributed by atoms with Crippen molar-refractivity contribution in [3.05, 3.63) is 63.7 Å². The average molecular weight is 471 g/mol. The number of likely N-dealkylation sites (tertiary alicyclic amines) is 1. The zero-order valence-electron chi connectivity index (χ0n) is 17.6. The van der Waals surface area contributed by atoms with Gasteiger partial charge in [0.25, 0.3) is 5.69 Å². The van der Waals surface area contributed by atoms with Crippen molar-refractivity contribution in [2.24, 2.45) is 5.92 Å². The number of amides is 1. The van der Waals surface area contributed by atoms with Crippen LogP contribution in [0.2, 0.25) is 0 Å². The Morgan fingerprint density at radius 1 is 1.18 bits per heavy atom. The van der Waals surface area contributed by atoms with Crippen LogP contribution in [0.3, 0.4) is 0 Å². The number of hydrogen-bond donors (Lipinski definition) is 1. The van der Waals surface area contributed by atoms with Crippen molar-refractivity contribution in [1.82, 2.24) is 4.90 Å². The second kappa shape index (κ2) is 10.1. The molecule has 0 spiro atoms. The van der Waals surface area contributed by atoms with Gasteiger partial charge in [0.1, 0.15) is 0 Å². The number of carbonyl (C=O) groups is 2. The molecule has 1 amide bonds. The van der Waals surface area contributed by atoms with E-state index in [9.17, 15) is 19.7 Å². The van der Waals surface area contributed by atoms with Crippen molar-refractivity contribution in [1.29, 1.82) is 0 Å². The van der Waals surface area contributed by atoms with Crippen LogP contribution >= 0.6 is 11.8 Å². The number of rotatable bonds is 6. The Morgan fingerprint density at radius 3 is 2.70 bits per heavy atom. The first kappa shape index (κ1) is 22.8. The molecule has 1 fully saturated rings. The summed E-state index contributed by atoms with van der Waals surface area (Å²) in [4.78, 5) is 47.7. The second-order valence-electron chi connectivity index (χ2n) is 7.78. The Bertz CT molecular complexity index is 1110. The fourth-order valence-electron chi connectivity index (χ4n) is 3.77. The molecule has 2 aromatic carbocycles. The van der Waals surface area contributed by atoms with Crippen LogP contribution in [0.4, 0.5) is 5.69 Å². The molecule has 9 nitrogen and oxygen atoms in total. The molecule has 33 heavy (non-hydrogen) atoms. The summed E-state index contributed by atoms with van der Waals surface area (Å²) in [6.45, 7) is 1.22. The van der Waals surface area contributed by atoms with Gasteiger partial charge in [0.15, 0.2) is 5.75 Å². The lowest BCUT2D eigenvalue weighted by Crippen LogP contribution is -2.39. The van der Waals surface area contributed by atoms with E-state index in [0.29, 0.717) is 55.2 Å². The van der Waals surface area contributed by atoms with Gasteiger partial charge in [0.05, 0.1) is 22.3 Å². The molecule has 2 aliphatic rings. The number of nitrogens with zero attached hydrogens (tertiary/aromatic N) is 2. The first-order valence-electron chi connectivity index (χ1n) is 10.5. The van der Waals surface area contributed by atoms with Gasteiger partial charge in [-0.2, -0.15) is 4.89 Å². The zero-order chi connectivity index (χ0) is 23.4. The van der Waals surface area contributed by atoms with Crippen LogP contribution in [0.1, 0.15) is 24.0 Å². The minimum Gasteiger partial charge on any atom is -0.481 e. The Kier molecular flexibility index (Phi) is 6.95. The number of aliphatic carboxylic acids is 1. The number of carbonyl (C=O) groups excluding carboxylic acids is 1. The van der Waals surface area contributed by atoms with Crippen LogP contribution in [0.5, 0.6) is 5.75 Å². The van der Waals surface area contributed by atoms with Crippen LogP contribution in [0.25, 0.3) is 6.08 Å². The van der Waals surface area contributed by atoms with Gasteiger partial charge < -0.3 is 14.9 Å². The van der Waals surface area contributed by atoms with Gasteiger partial charge in [-0.3, -0.25) is 19.7 Å². The number of hydrogen-bond acceptors (Lipinski definition) is 7. The number of carboxylic acids is 1. The summed E-state index contributed by atoms with van der Waals surface area (Å²) in [5.74, 6) is -0.833. The molecule has 172 valence electrons. The molecule has 0 unspecified atom stereocenters. The minimum atomic E-state index is -0.833. The molecule has 0 aliphatic carbocycles. The van der Waals surface area contributed by atoms with E-state index < -0.39 is 16.8 Å². The molecule has 1 N–H and O–H groups in total. The van der Waals surface area contributed by atoms with E-state index in [1.165, 1.54) is 23.9 Å². The summed E-state index contributed by atoms with van der Waals surface area (Å²) < 4.78 is 0. The molecule has 2 aromatic rings. The maximum Gasteiger partial charge on any atom is 0.306 e. The van der Waals surface area contributed by atoms with E-state index in [-0.39, 0.29) is 11.6 Å². The van der Waals surface area contributed by atoms with Crippen LogP contribution in [-0.4, -0.2) is 46.5 Å². The van der Waals surface area contributed by atoms with Gasteiger partial charge in [-0.1, -0.05) is 17.8 Å². The van der Waals surface area contributed by atoms with E-state index >= 15 is 0 Å². The summed E-state index contributed by atoms with van der Waals surface area (Å²) in [5.41, 5.74) is 1.48. The maximum absolute atomic E-state index is 12.4. The van der Waals surface area contributed by atoms with Crippen molar-refractivity contribution in [2.75, 3.05) is 19.7 Å². The fraction of sp³-hybridized carbons (Fsp3) is 0.304. The number of nitro benzene ring substituents is 1. The lowest BCUT2D eigenvalue weighted by molar-refractivity contribution is -0.387. The maximum atomic E-state index is 12.4. The summed E-state index contributed by atoms with van der Waals surface area (Å²) >= 11 is 1.29. The zero-order valence-corrected chi connectivity index (χ0v) is 18.5. The van der Waals surface area contributed by atoms with Crippen LogP contribution in [0.15, 0.2) is 52.3 Å². The van der Waals surface area contributed by atoms with E-state index in [2.05, 4.69) is 0 Å². The molecule has 4 rings (SSSR count). The fourth-order valence-corrected chi connectivity index (χ4v) is 4.73. The summed E-state index contributed by atoms with van der Waals surface area (Å²) in [6.07, 6.45) is 4.47. The largest absolute Gasteiger partial charge is 0.481 e. The van der Waals surface area contributed by atoms with Gasteiger partial charge in [-0.15, -0.1) is 0 Å². The molecule has 0 aromatic heterocycles. The quantitative estimate of drug-likeness (QED) is 0.292. The third-order valence-electron chi connectivity index (χ3n) is 5.62. The third kappa shape index (κ3) is 5.52. The van der Waals surface area contributed by atoms with E-state index in [1.54, 1.807) is 29.2 Å². The minimum absolute atomic E-state index is 0.0471. The topological polar surface area (TPSA) is 119 Å². The van der Waals surface area contributed by atoms with Crippen molar-refractivity contribution < 1.29 is 29.4 Å². The highest BCUT2D eigenvalue weighted by Crippen LogP contribution is 2.38. The number of piperidine rings is 1. The predicted molar refractivity (Wildman–Crippen MR) is 120 cm³/mol. The number of nitro groups is 1. The lowest BCUT2D eigenvalue weighted by atomic mass is 9.97. The number of fused-ring (bicyclic) bond motifs is 1. The Hall–Kier alpha value is -3.37. The Morgan fingerprint density at radius 2 is 1.97 bits per heavy atom. The molecule has 1 saturated heterocycles. The monoisotopic (exact) mass is 470 g/mol. The highest BCUT2D eigenvalue weighted by Gasteiger charge is 2.26. The number of carboxylic acid groups (broad SMARTS) is 1. The molecule has 2 aliphatic heterocycles. The highest BCUT2D eigenvalue weighted by atomic mass is 32.2. The second-order valence-corrected chi connectivity index (χ2v) is 8.90. The molecule has 2 heterocycles. The molecule has 0 radical (unpaired) electrons. The predicted octanol–water partition coefficient (Wildman–Crippen LogP) is 3.95. The molecule has 0 saturated carbocycles. The van der Waals surface area contributed by atoms with Crippen molar-refractivity contribution in [3.8, 4) is 5.75 Å². The van der Waals surface area contributed by atoms with Crippen LogP contribution in [-0.2, 0) is 20.9 Å². The average Bonchev–Trinajstić information content (AvgIpc) is 2.83. The standard InChI is InChI=1S/C23H22N2O7S/c26-22(24-10-7-16(8-11-24)23(27)28)6-2-15-1-5-21(19(13-15)25(29)30)33-18-3-4-20-17(14-18)9-12-31-32-20/h1-6,13-14,16H,7-12H2,(H,27,28). The molecular weight excluding hydrogens is 448 g/mol. The summed E-state index contributed by atoms with van der Waals surface area (Å²) in [7, 11) is 0. The third-order valence-corrected chi connectivity index (χ3v) is 6.67. The Balaban J connectivity index is 1.45. The Labute approximate surface area is 194 Å². The van der Waals surface area contributed by atoms with Gasteiger partial charge in [0.2, 0.25) is 5.91 Å². The molecule has 0 atom stereocenters. The first-order valence-corrected chi connectivity index (χ1v) is 11.3. The van der Waals surface area contributed by atoms with Gasteiger partial charge in [-0.25, -0.2) is 0 Å². The molecule has 0 bridgehead atoms. The van der Waals surface area contributed by atoms with Crippen LogP contribution < -0.4 is 4.89 Å².